The fourth-order valence-electron chi connectivity index (χ4n) is 12.9. The van der Waals surface area contributed by atoms with Crippen molar-refractivity contribution in [2.45, 2.75) is 163 Å². The zero-order valence-electron chi connectivity index (χ0n) is 57.1. The van der Waals surface area contributed by atoms with Crippen molar-refractivity contribution in [2.24, 2.45) is 23.1 Å². The molecule has 2 fully saturated rings. The molecule has 5 aromatic rings. The summed E-state index contributed by atoms with van der Waals surface area (Å²) in [5.74, 6) is -14.6. The Labute approximate surface area is 609 Å². The number of aromatic hydroxyl groups is 3. The van der Waals surface area contributed by atoms with Gasteiger partial charge in [-0.25, -0.2) is 0 Å². The summed E-state index contributed by atoms with van der Waals surface area (Å²) in [6, 6.07) is 0.327. The van der Waals surface area contributed by atoms with Crippen LogP contribution in [0.4, 0.5) is 0 Å². The molecule has 0 aliphatic carbocycles. The van der Waals surface area contributed by atoms with Crippen LogP contribution in [0, 0.1) is 5.92 Å². The van der Waals surface area contributed by atoms with Crippen LogP contribution in [-0.4, -0.2) is 199 Å². The topological polar surface area (TPSA) is 548 Å². The van der Waals surface area contributed by atoms with Gasteiger partial charge in [-0.05, 0) is 129 Å². The molecular formula is C69H83Cl2N11O23. The van der Waals surface area contributed by atoms with Gasteiger partial charge in [-0.2, -0.15) is 0 Å². The molecule has 0 spiro atoms. The normalized spacial score (nSPS) is 28.7. The first-order valence-corrected chi connectivity index (χ1v) is 34.2. The van der Waals surface area contributed by atoms with Gasteiger partial charge in [0.25, 0.3) is 0 Å². The number of fused-ring (bicyclic) bond motifs is 15. The van der Waals surface area contributed by atoms with Gasteiger partial charge in [-0.1, -0.05) is 55.2 Å². The first kappa shape index (κ1) is 78.4. The number of phenolic OH excluding ortho intramolecular Hbond substituents is 3. The van der Waals surface area contributed by atoms with Crippen LogP contribution in [0.15, 0.2) is 78.9 Å². The van der Waals surface area contributed by atoms with Gasteiger partial charge < -0.3 is 134 Å². The van der Waals surface area contributed by atoms with Crippen LogP contribution in [0.1, 0.15) is 112 Å². The van der Waals surface area contributed by atoms with Gasteiger partial charge in [-0.15, -0.1) is 0 Å². The first-order chi connectivity index (χ1) is 49.7. The van der Waals surface area contributed by atoms with Crippen molar-refractivity contribution in [1.29, 1.82) is 0 Å². The molecule has 36 heteroatoms. The number of nitrogens with one attached hydrogen (secondary N) is 8. The third-order valence-electron chi connectivity index (χ3n) is 18.5. The van der Waals surface area contributed by atoms with Crippen molar-refractivity contribution >= 4 is 70.5 Å². The second kappa shape index (κ2) is 32.6. The monoisotopic (exact) mass is 1500 g/mol. The Balaban J connectivity index is 1.24. The van der Waals surface area contributed by atoms with E-state index in [0.717, 1.165) is 60.7 Å². The number of amides is 8. The van der Waals surface area contributed by atoms with E-state index >= 15 is 19.2 Å². The van der Waals surface area contributed by atoms with Gasteiger partial charge in [-0.3, -0.25) is 38.4 Å². The zero-order chi connectivity index (χ0) is 76.4. The molecule has 34 nitrogen and oxygen atoms in total. The van der Waals surface area contributed by atoms with Crippen molar-refractivity contribution in [2.75, 3.05) is 26.7 Å². The third kappa shape index (κ3) is 17.2. The van der Waals surface area contributed by atoms with Crippen LogP contribution in [-0.2, 0) is 52.6 Å². The summed E-state index contributed by atoms with van der Waals surface area (Å²) in [5, 5.41) is 124. The molecule has 5 aromatic carbocycles. The van der Waals surface area contributed by atoms with E-state index in [2.05, 4.69) is 42.5 Å². The fraction of sp³-hybridized carbons (Fsp3) is 0.449. The smallest absolute Gasteiger partial charge is 0.248 e. The summed E-state index contributed by atoms with van der Waals surface area (Å²) in [4.78, 5) is 119. The van der Waals surface area contributed by atoms with Gasteiger partial charge in [0.2, 0.25) is 59.3 Å². The Kier molecular flexibility index (Phi) is 24.4. The maximum atomic E-state index is 16.1. The Hall–Kier alpha value is -9.24. The quantitative estimate of drug-likeness (QED) is 0.0553. The molecule has 0 radical (unpaired) electrons. The van der Waals surface area contributed by atoms with Gasteiger partial charge in [0, 0.05) is 35.7 Å². The number of rotatable bonds is 16. The van der Waals surface area contributed by atoms with Crippen LogP contribution in [0.5, 0.6) is 46.0 Å². The standard InChI is InChI=1S/C69H83Cl2N11O23/c1-26(2)15-37(75-5)61(93)81-52-54(88)29-8-11-41(35(70)17-29)101-43-19-31-20-44(58(43)105-68-59(57(91)56(90)45(25-83)103-68)104-47-24-69(4,74)60(92)27(3)100-47)102-42-12-9-30(18-36(42)71)55(89)53-67(99)80-51(63(95)76-14-6-13-72)34-21-32(84)22-40(86)48(34)33-16-28(7-10-39(33)85)49(64(96)82-53)79-65(97)50(31)78-62(94)38(23-46(73)87)77-66(52)98/h7-12,16-22,26-27,37-38,45,47,49-57,59-60,68,75,83-86,88-92H,6,13-15,23-25,72,74H2,1-5H3,(H2,73,87)(H,76,95)(H,77,98)(H,78,94)(H,79,97)(H,80,99)(H,81,93)(H,82,96)/t27-,37+,38-,45-,47-,49+,50+,51-,52+,53-,54+,55+,56-,57+,59-,60+,68+,69-/m0/s1. The van der Waals surface area contributed by atoms with Crippen molar-refractivity contribution in [3.8, 4) is 57.1 Å². The molecule has 12 rings (SSSR count). The lowest BCUT2D eigenvalue weighted by molar-refractivity contribution is -0.333. The number of hydrogen-bond acceptors (Lipinski definition) is 26. The summed E-state index contributed by atoms with van der Waals surface area (Å²) < 4.78 is 38.5. The predicted molar refractivity (Wildman–Crippen MR) is 368 cm³/mol. The molecule has 11 bridgehead atoms. The molecule has 566 valence electrons. The Morgan fingerprint density at radius 1 is 0.724 bits per heavy atom. The number of nitrogens with two attached hydrogens (primary N) is 3. The second-order valence-electron chi connectivity index (χ2n) is 26.8. The van der Waals surface area contributed by atoms with E-state index in [1.54, 1.807) is 0 Å². The molecule has 2 saturated heterocycles. The molecule has 7 heterocycles. The number of hydrogen-bond donors (Lipinski definition) is 20. The van der Waals surface area contributed by atoms with E-state index in [1.807, 2.05) is 13.8 Å². The highest BCUT2D eigenvalue weighted by Crippen LogP contribution is 2.50. The number of halogens is 2. The third-order valence-corrected chi connectivity index (χ3v) is 19.1. The maximum absolute atomic E-state index is 16.1. The molecule has 0 saturated carbocycles. The summed E-state index contributed by atoms with van der Waals surface area (Å²) in [7, 11) is 1.48. The van der Waals surface area contributed by atoms with Crippen molar-refractivity contribution < 1.29 is 113 Å². The van der Waals surface area contributed by atoms with Crippen LogP contribution >= 0.6 is 23.2 Å². The van der Waals surface area contributed by atoms with E-state index in [9.17, 15) is 65.1 Å². The lowest BCUT2D eigenvalue weighted by Crippen LogP contribution is -2.64. The van der Waals surface area contributed by atoms with Gasteiger partial charge in [0.05, 0.1) is 41.3 Å². The number of aliphatic hydroxyl groups excluding tert-OH is 6. The second-order valence-corrected chi connectivity index (χ2v) is 27.6. The number of primary amides is 1. The van der Waals surface area contributed by atoms with Crippen LogP contribution in [0.2, 0.25) is 10.0 Å². The van der Waals surface area contributed by atoms with Crippen molar-refractivity contribution in [3.05, 3.63) is 117 Å². The molecule has 8 amide bonds. The van der Waals surface area contributed by atoms with Gasteiger partial charge in [0.1, 0.15) is 95.5 Å². The molecule has 7 aliphatic heterocycles. The largest absolute Gasteiger partial charge is 0.508 e. The molecule has 0 unspecified atom stereocenters. The minimum absolute atomic E-state index is 0.0764. The minimum atomic E-state index is -2.33. The summed E-state index contributed by atoms with van der Waals surface area (Å²) in [6.45, 7) is 5.71. The number of benzene rings is 5. The average molecular weight is 1510 g/mol. The van der Waals surface area contributed by atoms with Crippen molar-refractivity contribution in [1.82, 2.24) is 42.5 Å². The van der Waals surface area contributed by atoms with Crippen LogP contribution in [0.3, 0.4) is 0 Å². The first-order valence-electron chi connectivity index (χ1n) is 33.4. The molecule has 0 aromatic heterocycles. The summed E-state index contributed by atoms with van der Waals surface area (Å²) >= 11 is 14.2. The van der Waals surface area contributed by atoms with E-state index in [-0.39, 0.29) is 82.6 Å². The fourth-order valence-corrected chi connectivity index (χ4v) is 13.4. The van der Waals surface area contributed by atoms with E-state index < -0.39 is 220 Å². The Bertz CT molecular complexity index is 4160. The van der Waals surface area contributed by atoms with E-state index in [0.29, 0.717) is 0 Å². The average Bonchev–Trinajstić information content (AvgIpc) is 0.766. The SMILES string of the molecule is CN[C@H](CC(C)C)C(=O)N[C@H]1C(=O)N[C@@H](CC(N)=O)C(=O)N[C@H]2C(=O)N[C@H]3C(=O)N[C@H](C(=O)N[C@H](C(=O)NCCCN)c4cc(O)cc(O)c4-c4cc3ccc4O)[C@H](O)c3ccc(c(Cl)c3)Oc3cc2cc(c3O[C@H]2O[C@@H](CO)[C@H](O)[C@@H](O)[C@@H]2O[C@H]2C[C@](C)(N)[C@H](O)[C@H](C)O2)Oc2ccc(cc2Cl)[C@H]1O. The zero-order valence-corrected chi connectivity index (χ0v) is 58.6. The summed E-state index contributed by atoms with van der Waals surface area (Å²) in [5.41, 5.74) is 14.3. The molecular weight excluding hydrogens is 1420 g/mol. The minimum Gasteiger partial charge on any atom is -0.508 e. The van der Waals surface area contributed by atoms with E-state index in [1.165, 1.54) is 39.1 Å². The number of ether oxygens (including phenoxy) is 6. The Morgan fingerprint density at radius 2 is 1.34 bits per heavy atom. The van der Waals surface area contributed by atoms with Crippen LogP contribution < -0.4 is 73.9 Å². The molecule has 105 heavy (non-hydrogen) atoms. The molecule has 18 atom stereocenters. The van der Waals surface area contributed by atoms with Gasteiger partial charge >= 0.3 is 0 Å². The Morgan fingerprint density at radius 3 is 1.94 bits per heavy atom. The number of phenols is 3. The number of carbonyl (C=O) groups excluding carboxylic acids is 8. The summed E-state index contributed by atoms with van der Waals surface area (Å²) in [6.07, 6.45) is -18.2. The number of aliphatic hydroxyl groups is 6. The highest BCUT2D eigenvalue weighted by atomic mass is 35.5. The van der Waals surface area contributed by atoms with Crippen LogP contribution in [0.25, 0.3) is 11.1 Å². The molecule has 23 N–H and O–H groups in total. The highest BCUT2D eigenvalue weighted by molar-refractivity contribution is 6.32. The number of carbonyl (C=O) groups is 8. The highest BCUT2D eigenvalue weighted by Gasteiger charge is 2.52. The number of likely N-dealkylation sites (N-methyl/N-ethyl adjacent to an activating group) is 1. The lowest BCUT2D eigenvalue weighted by atomic mass is 9.86. The lowest BCUT2D eigenvalue weighted by Gasteiger charge is -2.47. The van der Waals surface area contributed by atoms with E-state index in [4.69, 9.17) is 68.8 Å². The predicted octanol–water partition coefficient (Wildman–Crippen LogP) is -0.513. The van der Waals surface area contributed by atoms with Gasteiger partial charge in [0.15, 0.2) is 23.9 Å². The van der Waals surface area contributed by atoms with Crippen molar-refractivity contribution in [3.63, 3.8) is 0 Å². The molecule has 7 aliphatic rings. The maximum Gasteiger partial charge on any atom is 0.248 e.